The zero-order valence-electron chi connectivity index (χ0n) is 12.0. The normalized spacial score (nSPS) is 13.1. The lowest BCUT2D eigenvalue weighted by Crippen LogP contribution is -2.33. The SMILES string of the molecule is CCOc1cccc(C(CN)N(C)CC(C)C)c1. The maximum absolute atomic E-state index is 5.92. The molecule has 18 heavy (non-hydrogen) atoms. The fraction of sp³-hybridized carbons (Fsp3) is 0.600. The number of ether oxygens (including phenoxy) is 1. The highest BCUT2D eigenvalue weighted by atomic mass is 16.5. The molecule has 0 aliphatic carbocycles. The molecule has 1 aromatic carbocycles. The molecule has 0 amide bonds. The summed E-state index contributed by atoms with van der Waals surface area (Å²) in [7, 11) is 2.13. The van der Waals surface area contributed by atoms with Crippen molar-refractivity contribution < 1.29 is 4.74 Å². The van der Waals surface area contributed by atoms with Gasteiger partial charge in [0.25, 0.3) is 0 Å². The smallest absolute Gasteiger partial charge is 0.119 e. The molecule has 102 valence electrons. The Balaban J connectivity index is 2.83. The van der Waals surface area contributed by atoms with Gasteiger partial charge in [-0.05, 0) is 37.6 Å². The van der Waals surface area contributed by atoms with Gasteiger partial charge < -0.3 is 10.5 Å². The van der Waals surface area contributed by atoms with Gasteiger partial charge in [0.05, 0.1) is 6.61 Å². The van der Waals surface area contributed by atoms with Crippen molar-refractivity contribution in [2.24, 2.45) is 11.7 Å². The second-order valence-corrected chi connectivity index (χ2v) is 5.09. The van der Waals surface area contributed by atoms with E-state index in [2.05, 4.69) is 37.9 Å². The summed E-state index contributed by atoms with van der Waals surface area (Å²) in [5.74, 6) is 1.56. The number of hydrogen-bond acceptors (Lipinski definition) is 3. The third kappa shape index (κ3) is 4.31. The van der Waals surface area contributed by atoms with Crippen molar-refractivity contribution in [2.75, 3.05) is 26.7 Å². The van der Waals surface area contributed by atoms with E-state index in [0.717, 1.165) is 12.3 Å². The van der Waals surface area contributed by atoms with Crippen LogP contribution in [0.25, 0.3) is 0 Å². The third-order valence-corrected chi connectivity index (χ3v) is 2.96. The molecule has 0 aliphatic rings. The van der Waals surface area contributed by atoms with Gasteiger partial charge in [-0.1, -0.05) is 26.0 Å². The predicted octanol–water partition coefficient (Wildman–Crippen LogP) is 2.67. The predicted molar refractivity (Wildman–Crippen MR) is 76.9 cm³/mol. The highest BCUT2D eigenvalue weighted by Gasteiger charge is 2.16. The molecule has 1 atom stereocenters. The van der Waals surface area contributed by atoms with E-state index in [9.17, 15) is 0 Å². The Labute approximate surface area is 111 Å². The molecule has 2 N–H and O–H groups in total. The van der Waals surface area contributed by atoms with Crippen LogP contribution in [-0.2, 0) is 0 Å². The number of nitrogens with zero attached hydrogens (tertiary/aromatic N) is 1. The summed E-state index contributed by atoms with van der Waals surface area (Å²) in [6, 6.07) is 8.50. The number of hydrogen-bond donors (Lipinski definition) is 1. The van der Waals surface area contributed by atoms with Gasteiger partial charge in [-0.2, -0.15) is 0 Å². The molecule has 3 nitrogen and oxygen atoms in total. The molecule has 0 radical (unpaired) electrons. The van der Waals surface area contributed by atoms with Crippen molar-refractivity contribution in [3.63, 3.8) is 0 Å². The first-order chi connectivity index (χ1) is 8.58. The molecular formula is C15H26N2O. The highest BCUT2D eigenvalue weighted by Crippen LogP contribution is 2.23. The number of rotatable bonds is 7. The Morgan fingerprint density at radius 2 is 2.06 bits per heavy atom. The van der Waals surface area contributed by atoms with Crippen LogP contribution in [-0.4, -0.2) is 31.6 Å². The zero-order valence-corrected chi connectivity index (χ0v) is 12.0. The van der Waals surface area contributed by atoms with Crippen molar-refractivity contribution in [3.8, 4) is 5.75 Å². The molecule has 0 saturated carbocycles. The summed E-state index contributed by atoms with van der Waals surface area (Å²) in [5.41, 5.74) is 7.15. The van der Waals surface area contributed by atoms with Crippen LogP contribution >= 0.6 is 0 Å². The Kier molecular flexibility index (Phi) is 6.16. The van der Waals surface area contributed by atoms with E-state index in [-0.39, 0.29) is 6.04 Å². The van der Waals surface area contributed by atoms with E-state index in [1.807, 2.05) is 19.1 Å². The van der Waals surface area contributed by atoms with Gasteiger partial charge in [-0.25, -0.2) is 0 Å². The van der Waals surface area contributed by atoms with Crippen molar-refractivity contribution in [1.82, 2.24) is 4.90 Å². The highest BCUT2D eigenvalue weighted by molar-refractivity contribution is 5.30. The summed E-state index contributed by atoms with van der Waals surface area (Å²) in [5, 5.41) is 0. The van der Waals surface area contributed by atoms with E-state index in [1.54, 1.807) is 0 Å². The Morgan fingerprint density at radius 3 is 2.61 bits per heavy atom. The Morgan fingerprint density at radius 1 is 1.33 bits per heavy atom. The fourth-order valence-electron chi connectivity index (χ4n) is 2.25. The first-order valence-electron chi connectivity index (χ1n) is 6.71. The van der Waals surface area contributed by atoms with E-state index in [0.29, 0.717) is 19.1 Å². The van der Waals surface area contributed by atoms with Crippen LogP contribution in [0.5, 0.6) is 5.75 Å². The summed E-state index contributed by atoms with van der Waals surface area (Å²) in [6.07, 6.45) is 0. The van der Waals surface area contributed by atoms with Crippen LogP contribution in [0.4, 0.5) is 0 Å². The lowest BCUT2D eigenvalue weighted by atomic mass is 10.0. The molecule has 0 spiro atoms. The van der Waals surface area contributed by atoms with Gasteiger partial charge in [0.1, 0.15) is 5.75 Å². The summed E-state index contributed by atoms with van der Waals surface area (Å²) < 4.78 is 5.54. The lowest BCUT2D eigenvalue weighted by molar-refractivity contribution is 0.223. The average Bonchev–Trinajstić information content (AvgIpc) is 2.30. The number of nitrogens with two attached hydrogens (primary N) is 1. The minimum Gasteiger partial charge on any atom is -0.494 e. The van der Waals surface area contributed by atoms with E-state index in [4.69, 9.17) is 10.5 Å². The molecule has 0 fully saturated rings. The van der Waals surface area contributed by atoms with Gasteiger partial charge in [-0.15, -0.1) is 0 Å². The molecule has 0 aromatic heterocycles. The topological polar surface area (TPSA) is 38.5 Å². The van der Waals surface area contributed by atoms with Crippen LogP contribution < -0.4 is 10.5 Å². The third-order valence-electron chi connectivity index (χ3n) is 2.96. The molecule has 0 aliphatic heterocycles. The molecule has 0 heterocycles. The molecule has 1 rings (SSSR count). The van der Waals surface area contributed by atoms with Gasteiger partial charge >= 0.3 is 0 Å². The zero-order chi connectivity index (χ0) is 13.5. The van der Waals surface area contributed by atoms with Crippen molar-refractivity contribution in [2.45, 2.75) is 26.8 Å². The van der Waals surface area contributed by atoms with Crippen LogP contribution in [0.1, 0.15) is 32.4 Å². The van der Waals surface area contributed by atoms with Crippen molar-refractivity contribution >= 4 is 0 Å². The average molecular weight is 250 g/mol. The van der Waals surface area contributed by atoms with Crippen LogP contribution in [0, 0.1) is 5.92 Å². The Hall–Kier alpha value is -1.06. The molecule has 0 bridgehead atoms. The van der Waals surface area contributed by atoms with Gasteiger partial charge in [0.2, 0.25) is 0 Å². The molecule has 0 saturated heterocycles. The number of likely N-dealkylation sites (N-methyl/N-ethyl adjacent to an activating group) is 1. The summed E-state index contributed by atoms with van der Waals surface area (Å²) in [6.45, 7) is 8.80. The second kappa shape index (κ2) is 7.39. The monoisotopic (exact) mass is 250 g/mol. The van der Waals surface area contributed by atoms with Crippen LogP contribution in [0.15, 0.2) is 24.3 Å². The molecule has 3 heteroatoms. The van der Waals surface area contributed by atoms with Crippen molar-refractivity contribution in [3.05, 3.63) is 29.8 Å². The fourth-order valence-corrected chi connectivity index (χ4v) is 2.25. The minimum atomic E-state index is 0.257. The first-order valence-corrected chi connectivity index (χ1v) is 6.71. The van der Waals surface area contributed by atoms with Gasteiger partial charge in [0, 0.05) is 19.1 Å². The van der Waals surface area contributed by atoms with Crippen molar-refractivity contribution in [1.29, 1.82) is 0 Å². The van der Waals surface area contributed by atoms with Gasteiger partial charge in [0.15, 0.2) is 0 Å². The van der Waals surface area contributed by atoms with Crippen LogP contribution in [0.3, 0.4) is 0 Å². The first kappa shape index (κ1) is 15.0. The van der Waals surface area contributed by atoms with Gasteiger partial charge in [-0.3, -0.25) is 4.90 Å². The molecule has 1 aromatic rings. The van der Waals surface area contributed by atoms with E-state index >= 15 is 0 Å². The maximum Gasteiger partial charge on any atom is 0.119 e. The largest absolute Gasteiger partial charge is 0.494 e. The summed E-state index contributed by atoms with van der Waals surface area (Å²) >= 11 is 0. The summed E-state index contributed by atoms with van der Waals surface area (Å²) in [4.78, 5) is 2.32. The second-order valence-electron chi connectivity index (χ2n) is 5.09. The van der Waals surface area contributed by atoms with E-state index in [1.165, 1.54) is 5.56 Å². The Bertz CT molecular complexity index is 352. The molecule has 1 unspecified atom stereocenters. The minimum absolute atomic E-state index is 0.257. The number of benzene rings is 1. The van der Waals surface area contributed by atoms with E-state index < -0.39 is 0 Å². The lowest BCUT2D eigenvalue weighted by Gasteiger charge is -2.29. The van der Waals surface area contributed by atoms with Crippen LogP contribution in [0.2, 0.25) is 0 Å². The maximum atomic E-state index is 5.92. The molecular weight excluding hydrogens is 224 g/mol. The quantitative estimate of drug-likeness (QED) is 0.808. The standard InChI is InChI=1S/C15H26N2O/c1-5-18-14-8-6-7-13(9-14)15(10-16)17(4)11-12(2)3/h6-9,12,15H,5,10-11,16H2,1-4H3.